The van der Waals surface area contributed by atoms with E-state index in [1.54, 1.807) is 0 Å². The van der Waals surface area contributed by atoms with E-state index in [1.807, 2.05) is 66.7 Å². The Bertz CT molecular complexity index is 1990. The van der Waals surface area contributed by atoms with Gasteiger partial charge in [-0.05, 0) is 98.8 Å². The smallest absolute Gasteiger partial charge is 0.339 e. The molecule has 0 fully saturated rings. The van der Waals surface area contributed by atoms with Crippen LogP contribution in [0, 0.1) is 0 Å². The molecule has 0 spiro atoms. The van der Waals surface area contributed by atoms with Gasteiger partial charge in [-0.1, -0.05) is 41.4 Å². The first-order valence-electron chi connectivity index (χ1n) is 13.6. The van der Waals surface area contributed by atoms with Crippen molar-refractivity contribution in [1.82, 2.24) is 9.55 Å². The zero-order valence-electron chi connectivity index (χ0n) is 23.7. The average Bonchev–Trinajstić information content (AvgIpc) is 2.99. The molecule has 4 N–H and O–H groups in total. The SMILES string of the molecule is CC(C)N=c1cc2n(-c3ccc(Cl)cc3)c3ccccc3nc-2cc1Nc1ccc(Cl)cc1.O=C(O)c1cccc(O)c1O. The molecule has 0 saturated carbocycles. The topological polar surface area (TPSA) is 120 Å². The summed E-state index contributed by atoms with van der Waals surface area (Å²) in [4.78, 5) is 20.2. The van der Waals surface area contributed by atoms with Crippen LogP contribution in [0.15, 0.2) is 108 Å². The molecule has 8 nitrogen and oxygen atoms in total. The number of benzene rings is 5. The van der Waals surface area contributed by atoms with Gasteiger partial charge in [0.1, 0.15) is 5.56 Å². The van der Waals surface area contributed by atoms with Gasteiger partial charge in [0.15, 0.2) is 11.5 Å². The monoisotopic (exact) mass is 626 g/mol. The number of nitrogens with zero attached hydrogens (tertiary/aromatic N) is 3. The predicted octanol–water partition coefficient (Wildman–Crippen LogP) is 8.29. The maximum Gasteiger partial charge on any atom is 0.339 e. The van der Waals surface area contributed by atoms with Gasteiger partial charge in [-0.2, -0.15) is 0 Å². The molecule has 10 heteroatoms. The molecule has 6 rings (SSSR count). The second kappa shape index (κ2) is 13.1. The Kier molecular flexibility index (Phi) is 9.04. The van der Waals surface area contributed by atoms with E-state index in [0.29, 0.717) is 10.0 Å². The molecule has 222 valence electrons. The van der Waals surface area contributed by atoms with E-state index in [1.165, 1.54) is 18.2 Å². The van der Waals surface area contributed by atoms with Crippen molar-refractivity contribution in [1.29, 1.82) is 0 Å². The Morgan fingerprint density at radius 1 is 0.864 bits per heavy atom. The molecule has 1 aliphatic carbocycles. The number of phenols is 2. The molecule has 0 amide bonds. The van der Waals surface area contributed by atoms with Crippen molar-refractivity contribution in [2.75, 3.05) is 5.32 Å². The molecule has 44 heavy (non-hydrogen) atoms. The number of carbonyl (C=O) groups is 1. The number of carboxylic acids is 1. The molecule has 1 aliphatic heterocycles. The van der Waals surface area contributed by atoms with E-state index in [2.05, 4.69) is 41.9 Å². The highest BCUT2D eigenvalue weighted by atomic mass is 35.5. The van der Waals surface area contributed by atoms with Gasteiger partial charge in [-0.15, -0.1) is 0 Å². The minimum atomic E-state index is -1.27. The normalized spacial score (nSPS) is 11.4. The van der Waals surface area contributed by atoms with Crippen LogP contribution in [0.5, 0.6) is 11.5 Å². The first kappa shape index (κ1) is 30.4. The largest absolute Gasteiger partial charge is 0.504 e. The lowest BCUT2D eigenvalue weighted by molar-refractivity contribution is 0.0693. The highest BCUT2D eigenvalue weighted by Gasteiger charge is 2.17. The van der Waals surface area contributed by atoms with E-state index < -0.39 is 17.5 Å². The van der Waals surface area contributed by atoms with Gasteiger partial charge in [-0.3, -0.25) is 4.99 Å². The fourth-order valence-corrected chi connectivity index (χ4v) is 4.84. The number of para-hydroxylation sites is 3. The highest BCUT2D eigenvalue weighted by Crippen LogP contribution is 2.31. The summed E-state index contributed by atoms with van der Waals surface area (Å²) in [5.41, 5.74) is 6.29. The summed E-state index contributed by atoms with van der Waals surface area (Å²) in [7, 11) is 0. The Hall–Kier alpha value is -5.05. The fraction of sp³-hybridized carbons (Fsp3) is 0.0882. The van der Waals surface area contributed by atoms with Crippen molar-refractivity contribution in [3.05, 3.63) is 124 Å². The Balaban J connectivity index is 0.000000296. The third-order valence-electron chi connectivity index (χ3n) is 6.55. The van der Waals surface area contributed by atoms with E-state index >= 15 is 0 Å². The molecule has 0 atom stereocenters. The number of halogens is 2. The van der Waals surface area contributed by atoms with Crippen LogP contribution >= 0.6 is 23.2 Å². The van der Waals surface area contributed by atoms with Gasteiger partial charge >= 0.3 is 5.97 Å². The Morgan fingerprint density at radius 2 is 1.52 bits per heavy atom. The van der Waals surface area contributed by atoms with Crippen LogP contribution in [0.2, 0.25) is 10.0 Å². The van der Waals surface area contributed by atoms with E-state index in [0.717, 1.165) is 44.8 Å². The first-order chi connectivity index (χ1) is 21.1. The van der Waals surface area contributed by atoms with Crippen molar-refractivity contribution in [2.45, 2.75) is 19.9 Å². The number of aromatic nitrogens is 2. The minimum Gasteiger partial charge on any atom is -0.504 e. The van der Waals surface area contributed by atoms with Crippen LogP contribution in [0.3, 0.4) is 0 Å². The predicted molar refractivity (Wildman–Crippen MR) is 175 cm³/mol. The summed E-state index contributed by atoms with van der Waals surface area (Å²) < 4.78 is 2.21. The molecule has 4 aromatic carbocycles. The molecule has 0 saturated heterocycles. The summed E-state index contributed by atoms with van der Waals surface area (Å²) >= 11 is 12.2. The van der Waals surface area contributed by atoms with Gasteiger partial charge in [0.2, 0.25) is 0 Å². The molecule has 2 aliphatic rings. The summed E-state index contributed by atoms with van der Waals surface area (Å²) in [5, 5.41) is 32.0. The standard InChI is InChI=1S/C27H22Cl2N4.C7H6O4/c1-17(2)30-24-16-27-25(15-23(24)31-20-11-7-18(28)8-12-20)32-22-5-3-4-6-26(22)33(27)21-13-9-19(29)10-14-21;8-5-3-1-2-4(6(5)9)7(10)11/h3-17,31H,1-2H3;1-3,8-9H,(H,10,11). The van der Waals surface area contributed by atoms with Crippen LogP contribution in [0.4, 0.5) is 11.4 Å². The van der Waals surface area contributed by atoms with Gasteiger partial charge in [-0.25, -0.2) is 9.78 Å². The van der Waals surface area contributed by atoms with Crippen molar-refractivity contribution < 1.29 is 20.1 Å². The van der Waals surface area contributed by atoms with Crippen molar-refractivity contribution >= 4 is 51.6 Å². The lowest BCUT2D eigenvalue weighted by Gasteiger charge is -2.20. The van der Waals surface area contributed by atoms with Crippen LogP contribution in [-0.2, 0) is 0 Å². The minimum absolute atomic E-state index is 0.130. The number of carboxylic acid groups (broad SMARTS) is 1. The Morgan fingerprint density at radius 3 is 2.16 bits per heavy atom. The zero-order chi connectivity index (χ0) is 31.4. The van der Waals surface area contributed by atoms with E-state index in [9.17, 15) is 4.79 Å². The summed E-state index contributed by atoms with van der Waals surface area (Å²) in [6, 6.07) is 31.7. The maximum absolute atomic E-state index is 10.3. The van der Waals surface area contributed by atoms with Crippen LogP contribution in [-0.4, -0.2) is 36.9 Å². The third kappa shape index (κ3) is 6.78. The number of anilines is 2. The van der Waals surface area contributed by atoms with Gasteiger partial charge in [0.25, 0.3) is 0 Å². The zero-order valence-corrected chi connectivity index (χ0v) is 25.3. The van der Waals surface area contributed by atoms with Crippen LogP contribution < -0.4 is 10.7 Å². The molecule has 4 aromatic rings. The first-order valence-corrected chi connectivity index (χ1v) is 14.4. The number of phenolic OH excluding ortho intramolecular Hbond substituents is 1. The quantitative estimate of drug-likeness (QED) is 0.113. The second-order valence-corrected chi connectivity index (χ2v) is 11.0. The maximum atomic E-state index is 10.3. The van der Waals surface area contributed by atoms with Crippen LogP contribution in [0.25, 0.3) is 28.1 Å². The fourth-order valence-electron chi connectivity index (χ4n) is 4.59. The van der Waals surface area contributed by atoms with E-state index in [-0.39, 0.29) is 11.6 Å². The van der Waals surface area contributed by atoms with Crippen molar-refractivity contribution in [2.24, 2.45) is 4.99 Å². The number of aromatic hydroxyl groups is 2. The number of hydrogen-bond donors (Lipinski definition) is 4. The number of hydrogen-bond acceptors (Lipinski definition) is 6. The lowest BCUT2D eigenvalue weighted by atomic mass is 10.1. The lowest BCUT2D eigenvalue weighted by Crippen LogP contribution is -2.16. The number of aromatic carboxylic acids is 1. The molecule has 0 bridgehead atoms. The molecular weight excluding hydrogens is 599 g/mol. The van der Waals surface area contributed by atoms with Gasteiger partial charge in [0, 0.05) is 27.5 Å². The number of fused-ring (bicyclic) bond motifs is 2. The highest BCUT2D eigenvalue weighted by molar-refractivity contribution is 6.30. The average molecular weight is 628 g/mol. The van der Waals surface area contributed by atoms with Crippen LogP contribution in [0.1, 0.15) is 24.2 Å². The number of rotatable bonds is 5. The van der Waals surface area contributed by atoms with Gasteiger partial charge in [0.05, 0.1) is 33.5 Å². The molecule has 1 heterocycles. The summed E-state index contributed by atoms with van der Waals surface area (Å²) in [6.45, 7) is 4.14. The molecule has 0 radical (unpaired) electrons. The van der Waals surface area contributed by atoms with E-state index in [4.69, 9.17) is 48.5 Å². The molecule has 0 unspecified atom stereocenters. The summed E-state index contributed by atoms with van der Waals surface area (Å²) in [6.07, 6.45) is 0. The molecule has 0 aromatic heterocycles. The second-order valence-electron chi connectivity index (χ2n) is 10.1. The molecular formula is C34H28Cl2N4O4. The number of nitrogens with one attached hydrogen (secondary N) is 1. The van der Waals surface area contributed by atoms with Crippen molar-refractivity contribution in [3.8, 4) is 28.6 Å². The third-order valence-corrected chi connectivity index (χ3v) is 7.05. The Labute approximate surface area is 263 Å². The van der Waals surface area contributed by atoms with Gasteiger partial charge < -0.3 is 25.2 Å². The van der Waals surface area contributed by atoms with Crippen molar-refractivity contribution in [3.63, 3.8) is 0 Å². The summed E-state index contributed by atoms with van der Waals surface area (Å²) in [5.74, 6) is -2.29.